The number of benzene rings is 1. The highest BCUT2D eigenvalue weighted by Gasteiger charge is 2.49. The third-order valence-electron chi connectivity index (χ3n) is 3.89. The highest BCUT2D eigenvalue weighted by Crippen LogP contribution is 2.43. The van der Waals surface area contributed by atoms with Crippen LogP contribution in [0.4, 0.5) is 18.9 Å². The molecule has 0 amide bonds. The molecule has 4 nitrogen and oxygen atoms in total. The van der Waals surface area contributed by atoms with Gasteiger partial charge in [0.05, 0.1) is 0 Å². The van der Waals surface area contributed by atoms with E-state index in [1.165, 1.54) is 6.08 Å². The first kappa shape index (κ1) is 15.2. The molecule has 0 saturated heterocycles. The van der Waals surface area contributed by atoms with E-state index in [4.69, 9.17) is 0 Å². The van der Waals surface area contributed by atoms with Crippen molar-refractivity contribution in [3.63, 3.8) is 0 Å². The zero-order valence-electron chi connectivity index (χ0n) is 11.5. The fraction of sp³-hybridized carbons (Fsp3) is 0.429. The predicted molar refractivity (Wildman–Crippen MR) is 74.8 cm³/mol. The molecule has 3 rings (SSSR count). The van der Waals surface area contributed by atoms with E-state index < -0.39 is 21.5 Å². The quantitative estimate of drug-likeness (QED) is 0.681. The number of para-hydroxylation sites is 1. The standard InChI is InChI=1S/C14H14F3NO3S/c15-14(16,17)22(19,20)21-12-6-2-4-10(12)11-5-1-3-9-7-8-18-13(9)11/h1,3,5-6,10,18H,2,4,7-8H2. The van der Waals surface area contributed by atoms with Crippen LogP contribution in [0, 0.1) is 0 Å². The molecule has 1 atom stereocenters. The van der Waals surface area contributed by atoms with Crippen LogP contribution < -0.4 is 5.32 Å². The molecule has 1 heterocycles. The molecule has 1 N–H and O–H groups in total. The molecule has 0 spiro atoms. The molecular weight excluding hydrogens is 319 g/mol. The van der Waals surface area contributed by atoms with E-state index in [9.17, 15) is 21.6 Å². The number of hydrogen-bond donors (Lipinski definition) is 1. The van der Waals surface area contributed by atoms with Gasteiger partial charge in [0.25, 0.3) is 0 Å². The Morgan fingerprint density at radius 2 is 2.05 bits per heavy atom. The van der Waals surface area contributed by atoms with Crippen molar-refractivity contribution in [1.82, 2.24) is 0 Å². The Morgan fingerprint density at radius 3 is 2.77 bits per heavy atom. The topological polar surface area (TPSA) is 55.4 Å². The van der Waals surface area contributed by atoms with Gasteiger partial charge in [-0.3, -0.25) is 0 Å². The summed E-state index contributed by atoms with van der Waals surface area (Å²) in [5, 5.41) is 3.20. The third kappa shape index (κ3) is 2.55. The first-order chi connectivity index (χ1) is 10.3. The fourth-order valence-electron chi connectivity index (χ4n) is 2.91. The van der Waals surface area contributed by atoms with Gasteiger partial charge >= 0.3 is 15.6 Å². The van der Waals surface area contributed by atoms with Gasteiger partial charge in [-0.25, -0.2) is 0 Å². The van der Waals surface area contributed by atoms with E-state index in [1.807, 2.05) is 12.1 Å². The van der Waals surface area contributed by atoms with Crippen molar-refractivity contribution in [3.05, 3.63) is 41.2 Å². The van der Waals surface area contributed by atoms with E-state index in [0.717, 1.165) is 29.8 Å². The second-order valence-corrected chi connectivity index (χ2v) is 6.82. The summed E-state index contributed by atoms with van der Waals surface area (Å²) >= 11 is 0. The average Bonchev–Trinajstić information content (AvgIpc) is 3.04. The van der Waals surface area contributed by atoms with Crippen molar-refractivity contribution in [3.8, 4) is 0 Å². The van der Waals surface area contributed by atoms with Gasteiger partial charge in [0, 0.05) is 18.2 Å². The molecule has 0 bridgehead atoms. The summed E-state index contributed by atoms with van der Waals surface area (Å²) in [4.78, 5) is 0. The monoisotopic (exact) mass is 333 g/mol. The van der Waals surface area contributed by atoms with Crippen LogP contribution in [0.3, 0.4) is 0 Å². The first-order valence-electron chi connectivity index (χ1n) is 6.86. The molecule has 1 aromatic carbocycles. The molecule has 1 unspecified atom stereocenters. The number of anilines is 1. The van der Waals surface area contributed by atoms with Crippen LogP contribution in [0.5, 0.6) is 0 Å². The van der Waals surface area contributed by atoms with Gasteiger partial charge < -0.3 is 9.50 Å². The van der Waals surface area contributed by atoms with Gasteiger partial charge in [0.1, 0.15) is 5.76 Å². The summed E-state index contributed by atoms with van der Waals surface area (Å²) < 4.78 is 64.3. The van der Waals surface area contributed by atoms with Gasteiger partial charge in [-0.2, -0.15) is 21.6 Å². The molecular formula is C14H14F3NO3S. The van der Waals surface area contributed by atoms with Crippen molar-refractivity contribution in [2.75, 3.05) is 11.9 Å². The number of alkyl halides is 3. The number of nitrogens with one attached hydrogen (secondary N) is 1. The molecule has 0 fully saturated rings. The Hall–Kier alpha value is -1.70. The Labute approximate surface area is 126 Å². The van der Waals surface area contributed by atoms with E-state index in [-0.39, 0.29) is 5.76 Å². The minimum atomic E-state index is -5.62. The average molecular weight is 333 g/mol. The van der Waals surface area contributed by atoms with E-state index in [0.29, 0.717) is 12.8 Å². The number of allylic oxidation sites excluding steroid dienone is 2. The summed E-state index contributed by atoms with van der Waals surface area (Å²) in [6, 6.07) is 5.57. The second-order valence-electron chi connectivity index (χ2n) is 5.28. The van der Waals surface area contributed by atoms with Gasteiger partial charge in [0.15, 0.2) is 0 Å². The lowest BCUT2D eigenvalue weighted by molar-refractivity contribution is -0.0524. The largest absolute Gasteiger partial charge is 0.534 e. The minimum absolute atomic E-state index is 0.139. The van der Waals surface area contributed by atoms with Crippen LogP contribution in [0.25, 0.3) is 0 Å². The van der Waals surface area contributed by atoms with Crippen molar-refractivity contribution < 1.29 is 25.8 Å². The molecule has 1 aliphatic carbocycles. The molecule has 0 radical (unpaired) electrons. The third-order valence-corrected chi connectivity index (χ3v) is 4.87. The van der Waals surface area contributed by atoms with Crippen LogP contribution in [0.2, 0.25) is 0 Å². The second kappa shape index (κ2) is 5.19. The zero-order chi connectivity index (χ0) is 16.0. The maximum atomic E-state index is 12.5. The first-order valence-corrected chi connectivity index (χ1v) is 8.27. The SMILES string of the molecule is O=S(=O)(OC1=CCCC1c1cccc2c1NCC2)C(F)(F)F. The Morgan fingerprint density at radius 1 is 1.27 bits per heavy atom. The minimum Gasteiger partial charge on any atom is -0.384 e. The van der Waals surface area contributed by atoms with Gasteiger partial charge in [-0.05, 0) is 36.5 Å². The molecule has 1 aromatic rings. The highest BCUT2D eigenvalue weighted by atomic mass is 32.2. The number of rotatable bonds is 3. The van der Waals surface area contributed by atoms with E-state index in [2.05, 4.69) is 9.50 Å². The van der Waals surface area contributed by atoms with Crippen molar-refractivity contribution in [2.24, 2.45) is 0 Å². The van der Waals surface area contributed by atoms with Crippen molar-refractivity contribution in [2.45, 2.75) is 30.7 Å². The zero-order valence-corrected chi connectivity index (χ0v) is 12.3. The van der Waals surface area contributed by atoms with Crippen molar-refractivity contribution >= 4 is 15.8 Å². The summed E-state index contributed by atoms with van der Waals surface area (Å²) in [6.07, 6.45) is 3.27. The maximum Gasteiger partial charge on any atom is 0.534 e. The Bertz CT molecular complexity index is 725. The highest BCUT2D eigenvalue weighted by molar-refractivity contribution is 7.87. The molecule has 0 saturated carbocycles. The van der Waals surface area contributed by atoms with Crippen LogP contribution in [-0.4, -0.2) is 20.5 Å². The van der Waals surface area contributed by atoms with E-state index >= 15 is 0 Å². The van der Waals surface area contributed by atoms with Crippen LogP contribution in [0.15, 0.2) is 30.0 Å². The summed E-state index contributed by atoms with van der Waals surface area (Å²) in [7, 11) is -5.62. The van der Waals surface area contributed by atoms with Gasteiger partial charge in [0.2, 0.25) is 0 Å². The van der Waals surface area contributed by atoms with Crippen LogP contribution in [-0.2, 0) is 20.7 Å². The predicted octanol–water partition coefficient (Wildman–Crippen LogP) is 3.28. The number of fused-ring (bicyclic) bond motifs is 1. The molecule has 0 aromatic heterocycles. The fourth-order valence-corrected chi connectivity index (χ4v) is 3.44. The number of hydrogen-bond acceptors (Lipinski definition) is 4. The van der Waals surface area contributed by atoms with Crippen LogP contribution in [0.1, 0.15) is 29.9 Å². The van der Waals surface area contributed by atoms with Crippen molar-refractivity contribution in [1.29, 1.82) is 0 Å². The lowest BCUT2D eigenvalue weighted by Gasteiger charge is -2.19. The lowest BCUT2D eigenvalue weighted by Crippen LogP contribution is -2.26. The lowest BCUT2D eigenvalue weighted by atomic mass is 9.94. The molecule has 8 heteroatoms. The maximum absolute atomic E-state index is 12.5. The Balaban J connectivity index is 1.91. The molecule has 2 aliphatic rings. The molecule has 1 aliphatic heterocycles. The van der Waals surface area contributed by atoms with Crippen LogP contribution >= 0.6 is 0 Å². The molecule has 22 heavy (non-hydrogen) atoms. The van der Waals surface area contributed by atoms with Gasteiger partial charge in [-0.1, -0.05) is 18.2 Å². The smallest absolute Gasteiger partial charge is 0.384 e. The van der Waals surface area contributed by atoms with E-state index in [1.54, 1.807) is 6.07 Å². The summed E-state index contributed by atoms with van der Waals surface area (Å²) in [5.74, 6) is -0.614. The summed E-state index contributed by atoms with van der Waals surface area (Å²) in [5.41, 5.74) is -2.66. The number of halogens is 3. The summed E-state index contributed by atoms with van der Waals surface area (Å²) in [6.45, 7) is 0.764. The normalized spacial score (nSPS) is 21.2. The van der Waals surface area contributed by atoms with Gasteiger partial charge in [-0.15, -0.1) is 0 Å². The Kier molecular flexibility index (Phi) is 3.58. The molecule has 120 valence electrons.